The van der Waals surface area contributed by atoms with E-state index in [0.717, 1.165) is 24.9 Å². The van der Waals surface area contributed by atoms with Crippen molar-refractivity contribution in [2.75, 3.05) is 32.6 Å². The van der Waals surface area contributed by atoms with Crippen molar-refractivity contribution in [1.82, 2.24) is 20.0 Å². The highest BCUT2D eigenvalue weighted by Crippen LogP contribution is 2.30. The number of likely N-dealkylation sites (tertiary alicyclic amines) is 1. The van der Waals surface area contributed by atoms with E-state index in [9.17, 15) is 4.79 Å². The largest absolute Gasteiger partial charge is 0.375 e. The predicted octanol–water partition coefficient (Wildman–Crippen LogP) is 1.48. The highest BCUT2D eigenvalue weighted by atomic mass is 16.5. The Hall–Kier alpha value is -2.32. The first-order valence-corrected chi connectivity index (χ1v) is 7.46. The summed E-state index contributed by atoms with van der Waals surface area (Å²) in [5.41, 5.74) is 0.741. The fourth-order valence-corrected chi connectivity index (χ4v) is 2.62. The smallest absolute Gasteiger partial charge is 0.251 e. The van der Waals surface area contributed by atoms with Crippen LogP contribution in [-0.2, 0) is 9.53 Å². The Labute approximate surface area is 133 Å². The zero-order valence-electron chi connectivity index (χ0n) is 13.2. The van der Waals surface area contributed by atoms with Crippen LogP contribution in [0.5, 0.6) is 0 Å². The van der Waals surface area contributed by atoms with Gasteiger partial charge < -0.3 is 14.6 Å². The first-order valence-electron chi connectivity index (χ1n) is 7.46. The number of nitrogens with zero attached hydrogens (tertiary/aromatic N) is 4. The molecule has 8 nitrogen and oxygen atoms in total. The molecular weight excluding hydrogens is 298 g/mol. The molecule has 1 saturated heterocycles. The van der Waals surface area contributed by atoms with Gasteiger partial charge in [-0.25, -0.2) is 4.98 Å². The van der Waals surface area contributed by atoms with Crippen LogP contribution in [0.1, 0.15) is 24.8 Å². The van der Waals surface area contributed by atoms with Gasteiger partial charge in [-0.1, -0.05) is 5.16 Å². The van der Waals surface area contributed by atoms with Crippen molar-refractivity contribution < 1.29 is 14.1 Å². The van der Waals surface area contributed by atoms with Crippen LogP contribution in [0.25, 0.3) is 11.4 Å². The lowest BCUT2D eigenvalue weighted by molar-refractivity contribution is -0.119. The Morgan fingerprint density at radius 1 is 1.52 bits per heavy atom. The van der Waals surface area contributed by atoms with Gasteiger partial charge in [0.15, 0.2) is 0 Å². The number of hydrogen-bond acceptors (Lipinski definition) is 7. The number of ether oxygens (including phenoxy) is 1. The Balaban J connectivity index is 1.70. The van der Waals surface area contributed by atoms with E-state index in [1.807, 2.05) is 0 Å². The normalized spacial score (nSPS) is 18.3. The number of methoxy groups -OCH3 is 1. The number of anilines is 1. The lowest BCUT2D eigenvalue weighted by Crippen LogP contribution is -2.17. The summed E-state index contributed by atoms with van der Waals surface area (Å²) in [5, 5.41) is 6.66. The maximum atomic E-state index is 11.4. The van der Waals surface area contributed by atoms with Crippen molar-refractivity contribution in [3.63, 3.8) is 0 Å². The predicted molar refractivity (Wildman–Crippen MR) is 82.6 cm³/mol. The third-order valence-corrected chi connectivity index (χ3v) is 3.81. The van der Waals surface area contributed by atoms with Gasteiger partial charge in [0.2, 0.25) is 11.7 Å². The average molecular weight is 317 g/mol. The molecule has 1 atom stereocenters. The molecule has 1 amide bonds. The van der Waals surface area contributed by atoms with E-state index in [1.54, 1.807) is 18.3 Å². The summed E-state index contributed by atoms with van der Waals surface area (Å²) >= 11 is 0. The van der Waals surface area contributed by atoms with E-state index >= 15 is 0 Å². The molecule has 8 heteroatoms. The van der Waals surface area contributed by atoms with Crippen molar-refractivity contribution in [3.05, 3.63) is 24.2 Å². The van der Waals surface area contributed by atoms with Gasteiger partial charge in [0.1, 0.15) is 12.4 Å². The molecule has 3 rings (SSSR count). The minimum atomic E-state index is -0.251. The van der Waals surface area contributed by atoms with E-state index in [-0.39, 0.29) is 18.6 Å². The van der Waals surface area contributed by atoms with Crippen molar-refractivity contribution in [1.29, 1.82) is 0 Å². The Bertz CT molecular complexity index is 670. The molecule has 0 bridgehead atoms. The molecule has 2 aromatic rings. The molecule has 0 radical (unpaired) electrons. The van der Waals surface area contributed by atoms with Crippen molar-refractivity contribution >= 4 is 11.7 Å². The van der Waals surface area contributed by atoms with Gasteiger partial charge >= 0.3 is 0 Å². The maximum absolute atomic E-state index is 11.4. The lowest BCUT2D eigenvalue weighted by Gasteiger charge is -2.14. The molecule has 0 aromatic carbocycles. The molecule has 0 saturated carbocycles. The Kier molecular flexibility index (Phi) is 4.63. The van der Waals surface area contributed by atoms with E-state index in [2.05, 4.69) is 32.4 Å². The molecule has 1 fully saturated rings. The summed E-state index contributed by atoms with van der Waals surface area (Å²) < 4.78 is 10.1. The number of hydrogen-bond donors (Lipinski definition) is 1. The van der Waals surface area contributed by atoms with Crippen LogP contribution in [-0.4, -0.2) is 53.2 Å². The van der Waals surface area contributed by atoms with Crippen molar-refractivity contribution in [2.45, 2.75) is 18.9 Å². The molecular formula is C15H19N5O3. The lowest BCUT2D eigenvalue weighted by atomic mass is 10.2. The Morgan fingerprint density at radius 3 is 3.04 bits per heavy atom. The van der Waals surface area contributed by atoms with E-state index in [0.29, 0.717) is 17.5 Å². The van der Waals surface area contributed by atoms with E-state index in [1.165, 1.54) is 7.11 Å². The third kappa shape index (κ3) is 3.54. The van der Waals surface area contributed by atoms with Gasteiger partial charge in [0, 0.05) is 18.9 Å². The summed E-state index contributed by atoms with van der Waals surface area (Å²) in [5.74, 6) is 1.34. The first-order chi connectivity index (χ1) is 11.2. The van der Waals surface area contributed by atoms with Gasteiger partial charge in [0.05, 0.1) is 6.04 Å². The van der Waals surface area contributed by atoms with Crippen LogP contribution in [0.15, 0.2) is 22.9 Å². The van der Waals surface area contributed by atoms with Crippen LogP contribution in [0.4, 0.5) is 5.82 Å². The molecule has 2 aromatic heterocycles. The summed E-state index contributed by atoms with van der Waals surface area (Å²) in [6.07, 6.45) is 3.77. The molecule has 0 spiro atoms. The molecule has 23 heavy (non-hydrogen) atoms. The summed E-state index contributed by atoms with van der Waals surface area (Å²) in [6, 6.07) is 3.68. The number of nitrogens with one attached hydrogen (secondary N) is 1. The monoisotopic (exact) mass is 317 g/mol. The third-order valence-electron chi connectivity index (χ3n) is 3.81. The number of carbonyl (C=O) groups excluding carboxylic acids is 1. The molecule has 0 aliphatic carbocycles. The summed E-state index contributed by atoms with van der Waals surface area (Å²) in [6.45, 7) is 1.03. The minimum Gasteiger partial charge on any atom is -0.375 e. The summed E-state index contributed by atoms with van der Waals surface area (Å²) in [4.78, 5) is 22.3. The fourth-order valence-electron chi connectivity index (χ4n) is 2.62. The SMILES string of the molecule is COCC(=O)Nc1ccc(-c2noc([C@@H]3CCCN3C)n2)cn1. The molecule has 0 unspecified atom stereocenters. The molecule has 3 heterocycles. The second kappa shape index (κ2) is 6.84. The molecule has 122 valence electrons. The van der Waals surface area contributed by atoms with Crippen LogP contribution in [0.3, 0.4) is 0 Å². The number of carbonyl (C=O) groups is 1. The van der Waals surface area contributed by atoms with E-state index in [4.69, 9.17) is 9.26 Å². The number of aromatic nitrogens is 3. The number of amides is 1. The van der Waals surface area contributed by atoms with Gasteiger partial charge in [-0.05, 0) is 38.6 Å². The van der Waals surface area contributed by atoms with Gasteiger partial charge in [-0.15, -0.1) is 0 Å². The fraction of sp³-hybridized carbons (Fsp3) is 0.467. The van der Waals surface area contributed by atoms with Crippen LogP contribution in [0, 0.1) is 0 Å². The quantitative estimate of drug-likeness (QED) is 0.892. The molecule has 1 N–H and O–H groups in total. The zero-order valence-corrected chi connectivity index (χ0v) is 13.2. The van der Waals surface area contributed by atoms with E-state index < -0.39 is 0 Å². The zero-order chi connectivity index (χ0) is 16.2. The Morgan fingerprint density at radius 2 is 2.39 bits per heavy atom. The van der Waals surface area contributed by atoms with Crippen LogP contribution >= 0.6 is 0 Å². The van der Waals surface area contributed by atoms with Crippen LogP contribution in [0.2, 0.25) is 0 Å². The van der Waals surface area contributed by atoms with Crippen LogP contribution < -0.4 is 5.32 Å². The highest BCUT2D eigenvalue weighted by Gasteiger charge is 2.27. The number of pyridine rings is 1. The highest BCUT2D eigenvalue weighted by molar-refractivity contribution is 5.90. The second-order valence-corrected chi connectivity index (χ2v) is 5.51. The van der Waals surface area contributed by atoms with Crippen molar-refractivity contribution in [3.8, 4) is 11.4 Å². The summed E-state index contributed by atoms with van der Waals surface area (Å²) in [7, 11) is 3.52. The first kappa shape index (κ1) is 15.6. The topological polar surface area (TPSA) is 93.4 Å². The molecule has 1 aliphatic rings. The van der Waals surface area contributed by atoms with Crippen molar-refractivity contribution in [2.24, 2.45) is 0 Å². The molecule has 1 aliphatic heterocycles. The number of rotatable bonds is 5. The average Bonchev–Trinajstić information content (AvgIpc) is 3.17. The van der Waals surface area contributed by atoms with Gasteiger partial charge in [-0.3, -0.25) is 9.69 Å². The standard InChI is InChI=1S/C15H19N5O3/c1-20-7-3-4-11(20)15-18-14(19-23-15)10-5-6-12(16-8-10)17-13(21)9-22-2/h5-6,8,11H,3-4,7,9H2,1-2H3,(H,16,17,21)/t11-/m0/s1. The maximum Gasteiger partial charge on any atom is 0.251 e. The second-order valence-electron chi connectivity index (χ2n) is 5.51. The van der Waals surface area contributed by atoms with Gasteiger partial charge in [0.25, 0.3) is 5.91 Å². The minimum absolute atomic E-state index is 0.00740. The van der Waals surface area contributed by atoms with Gasteiger partial charge in [-0.2, -0.15) is 4.98 Å².